The van der Waals surface area contributed by atoms with E-state index in [-0.39, 0.29) is 12.1 Å². The number of rotatable bonds is 8. The summed E-state index contributed by atoms with van der Waals surface area (Å²) >= 11 is 0. The zero-order valence-corrected chi connectivity index (χ0v) is 12.7. The van der Waals surface area contributed by atoms with Crippen LogP contribution < -0.4 is 5.32 Å². The Morgan fingerprint density at radius 2 is 1.94 bits per heavy atom. The van der Waals surface area contributed by atoms with Crippen LogP contribution in [-0.4, -0.2) is 48.3 Å². The lowest BCUT2D eigenvalue weighted by Gasteiger charge is -2.35. The molecular weight excluding hydrogens is 224 g/mol. The molecule has 0 aromatic carbocycles. The molecule has 2 N–H and O–H groups in total. The molecule has 0 aromatic heterocycles. The van der Waals surface area contributed by atoms with E-state index in [1.54, 1.807) is 0 Å². The fourth-order valence-electron chi connectivity index (χ4n) is 2.83. The molecule has 1 atom stereocenters. The first-order valence-corrected chi connectivity index (χ1v) is 7.54. The first kappa shape index (κ1) is 15.9. The summed E-state index contributed by atoms with van der Waals surface area (Å²) in [6, 6.07) is 0.784. The molecule has 1 unspecified atom stereocenters. The molecule has 3 nitrogen and oxygen atoms in total. The van der Waals surface area contributed by atoms with Crippen molar-refractivity contribution < 1.29 is 5.11 Å². The van der Waals surface area contributed by atoms with Gasteiger partial charge in [-0.3, -0.25) is 0 Å². The van der Waals surface area contributed by atoms with Crippen molar-refractivity contribution in [3.8, 4) is 0 Å². The van der Waals surface area contributed by atoms with Gasteiger partial charge in [0.2, 0.25) is 0 Å². The summed E-state index contributed by atoms with van der Waals surface area (Å²) in [5.41, 5.74) is -0.131. The summed E-state index contributed by atoms with van der Waals surface area (Å²) in [5, 5.41) is 12.7. The number of aliphatic hydroxyl groups is 1. The summed E-state index contributed by atoms with van der Waals surface area (Å²) < 4.78 is 0. The van der Waals surface area contributed by atoms with Gasteiger partial charge in [0.1, 0.15) is 0 Å². The van der Waals surface area contributed by atoms with Gasteiger partial charge in [0, 0.05) is 24.7 Å². The van der Waals surface area contributed by atoms with Crippen LogP contribution >= 0.6 is 0 Å². The summed E-state index contributed by atoms with van der Waals surface area (Å²) in [6.45, 7) is 9.20. The van der Waals surface area contributed by atoms with E-state index in [0.717, 1.165) is 24.9 Å². The molecule has 1 aliphatic rings. The van der Waals surface area contributed by atoms with Crippen LogP contribution in [0.25, 0.3) is 0 Å². The Kier molecular flexibility index (Phi) is 6.61. The van der Waals surface area contributed by atoms with Crippen molar-refractivity contribution in [2.75, 3.05) is 26.7 Å². The highest BCUT2D eigenvalue weighted by molar-refractivity contribution is 4.85. The summed E-state index contributed by atoms with van der Waals surface area (Å²) in [4.78, 5) is 2.66. The van der Waals surface area contributed by atoms with Crippen LogP contribution in [0.4, 0.5) is 0 Å². The first-order chi connectivity index (χ1) is 8.50. The Labute approximate surface area is 113 Å². The van der Waals surface area contributed by atoms with Crippen molar-refractivity contribution in [3.05, 3.63) is 0 Å². The van der Waals surface area contributed by atoms with E-state index in [2.05, 4.69) is 31.0 Å². The fourth-order valence-corrected chi connectivity index (χ4v) is 2.83. The maximum Gasteiger partial charge on any atom is 0.0610 e. The second kappa shape index (κ2) is 7.46. The van der Waals surface area contributed by atoms with Gasteiger partial charge in [0.05, 0.1) is 6.61 Å². The van der Waals surface area contributed by atoms with Gasteiger partial charge in [-0.2, -0.15) is 0 Å². The molecule has 1 rings (SSSR count). The number of nitrogens with zero attached hydrogens (tertiary/aromatic N) is 1. The topological polar surface area (TPSA) is 35.5 Å². The van der Waals surface area contributed by atoms with E-state index in [9.17, 15) is 5.11 Å². The molecule has 0 aliphatic heterocycles. The highest BCUT2D eigenvalue weighted by Gasteiger charge is 2.26. The van der Waals surface area contributed by atoms with Gasteiger partial charge in [-0.05, 0) is 39.2 Å². The maximum atomic E-state index is 9.46. The normalized spacial score (nSPS) is 20.8. The minimum absolute atomic E-state index is 0.131. The quantitative estimate of drug-likeness (QED) is 0.699. The minimum Gasteiger partial charge on any atom is -0.394 e. The van der Waals surface area contributed by atoms with Crippen molar-refractivity contribution in [1.29, 1.82) is 0 Å². The number of hydrogen-bond acceptors (Lipinski definition) is 3. The third-order valence-corrected chi connectivity index (χ3v) is 4.34. The van der Waals surface area contributed by atoms with Crippen molar-refractivity contribution in [2.24, 2.45) is 5.92 Å². The van der Waals surface area contributed by atoms with E-state index in [1.165, 1.54) is 32.2 Å². The predicted molar refractivity (Wildman–Crippen MR) is 77.8 cm³/mol. The van der Waals surface area contributed by atoms with E-state index >= 15 is 0 Å². The van der Waals surface area contributed by atoms with Gasteiger partial charge in [-0.25, -0.2) is 0 Å². The number of likely N-dealkylation sites (N-methyl/N-ethyl adjacent to an activating group) is 1. The molecule has 0 aromatic rings. The Morgan fingerprint density at radius 1 is 1.33 bits per heavy atom. The zero-order chi connectivity index (χ0) is 13.6. The van der Waals surface area contributed by atoms with Gasteiger partial charge in [-0.15, -0.1) is 0 Å². The van der Waals surface area contributed by atoms with Gasteiger partial charge < -0.3 is 15.3 Å². The number of hydrogen-bond donors (Lipinski definition) is 2. The van der Waals surface area contributed by atoms with Crippen LogP contribution in [-0.2, 0) is 0 Å². The van der Waals surface area contributed by atoms with Gasteiger partial charge in [0.25, 0.3) is 0 Å². The lowest BCUT2D eigenvalue weighted by atomic mass is 9.98. The molecule has 1 saturated carbocycles. The van der Waals surface area contributed by atoms with Gasteiger partial charge in [0.15, 0.2) is 0 Å². The Hall–Kier alpha value is -0.120. The molecule has 3 heteroatoms. The Bertz CT molecular complexity index is 221. The standard InChI is InChI=1S/C15H32N2O/c1-13(2)11-17(14-7-5-6-8-14)10-9-15(3,12-18)16-4/h13-14,16,18H,5-12H2,1-4H3. The molecule has 0 spiro atoms. The second-order valence-corrected chi connectivity index (χ2v) is 6.55. The third kappa shape index (κ3) is 4.87. The van der Waals surface area contributed by atoms with Crippen molar-refractivity contribution >= 4 is 0 Å². The van der Waals surface area contributed by atoms with Crippen LogP contribution in [0.2, 0.25) is 0 Å². The fraction of sp³-hybridized carbons (Fsp3) is 1.00. The van der Waals surface area contributed by atoms with Crippen molar-refractivity contribution in [1.82, 2.24) is 10.2 Å². The van der Waals surface area contributed by atoms with Crippen LogP contribution in [0.15, 0.2) is 0 Å². The number of nitrogens with one attached hydrogen (secondary N) is 1. The first-order valence-electron chi connectivity index (χ1n) is 7.54. The van der Waals surface area contributed by atoms with Gasteiger partial charge >= 0.3 is 0 Å². The zero-order valence-electron chi connectivity index (χ0n) is 12.7. The summed E-state index contributed by atoms with van der Waals surface area (Å²) in [6.07, 6.45) is 6.53. The van der Waals surface area contributed by atoms with Crippen LogP contribution in [0.3, 0.4) is 0 Å². The van der Waals surface area contributed by atoms with Crippen LogP contribution in [0.1, 0.15) is 52.9 Å². The van der Waals surface area contributed by atoms with Crippen molar-refractivity contribution in [2.45, 2.75) is 64.5 Å². The largest absolute Gasteiger partial charge is 0.394 e. The monoisotopic (exact) mass is 256 g/mol. The summed E-state index contributed by atoms with van der Waals surface area (Å²) in [7, 11) is 1.94. The molecular formula is C15H32N2O. The van der Waals surface area contributed by atoms with E-state index in [1.807, 2.05) is 7.05 Å². The number of aliphatic hydroxyl groups excluding tert-OH is 1. The average molecular weight is 256 g/mol. The highest BCUT2D eigenvalue weighted by Crippen LogP contribution is 2.25. The summed E-state index contributed by atoms with van der Waals surface area (Å²) in [5.74, 6) is 0.723. The molecule has 0 saturated heterocycles. The van der Waals surface area contributed by atoms with E-state index < -0.39 is 0 Å². The minimum atomic E-state index is -0.131. The lowest BCUT2D eigenvalue weighted by molar-refractivity contribution is 0.125. The molecule has 1 aliphatic carbocycles. The molecule has 18 heavy (non-hydrogen) atoms. The Balaban J connectivity index is 2.50. The van der Waals surface area contributed by atoms with E-state index in [4.69, 9.17) is 0 Å². The molecule has 0 bridgehead atoms. The van der Waals surface area contributed by atoms with Crippen LogP contribution in [0.5, 0.6) is 0 Å². The smallest absolute Gasteiger partial charge is 0.0610 e. The molecule has 0 heterocycles. The SMILES string of the molecule is CNC(C)(CO)CCN(CC(C)C)C1CCCC1. The predicted octanol–water partition coefficient (Wildman–Crippen LogP) is 2.25. The van der Waals surface area contributed by atoms with Crippen LogP contribution in [0, 0.1) is 5.92 Å². The van der Waals surface area contributed by atoms with Crippen molar-refractivity contribution in [3.63, 3.8) is 0 Å². The molecule has 108 valence electrons. The molecule has 0 radical (unpaired) electrons. The average Bonchev–Trinajstić information content (AvgIpc) is 2.87. The maximum absolute atomic E-state index is 9.46. The molecule has 1 fully saturated rings. The Morgan fingerprint density at radius 3 is 2.39 bits per heavy atom. The molecule has 0 amide bonds. The van der Waals surface area contributed by atoms with E-state index in [0.29, 0.717) is 0 Å². The second-order valence-electron chi connectivity index (χ2n) is 6.55. The third-order valence-electron chi connectivity index (χ3n) is 4.34. The van der Waals surface area contributed by atoms with Gasteiger partial charge in [-0.1, -0.05) is 26.7 Å². The lowest BCUT2D eigenvalue weighted by Crippen LogP contribution is -2.47. The highest BCUT2D eigenvalue weighted by atomic mass is 16.3.